The van der Waals surface area contributed by atoms with E-state index in [1.54, 1.807) is 41.5 Å². The van der Waals surface area contributed by atoms with Crippen LogP contribution in [0.1, 0.15) is 43.5 Å². The quantitative estimate of drug-likeness (QED) is 0.253. The molecule has 3 aromatic heterocycles. The molecule has 2 aromatic carbocycles. The zero-order valence-corrected chi connectivity index (χ0v) is 24.5. The maximum atomic E-state index is 13.7. The van der Waals surface area contributed by atoms with Gasteiger partial charge in [0.05, 0.1) is 35.6 Å². The Kier molecular flexibility index (Phi) is 7.62. The number of fused-ring (bicyclic) bond motifs is 4. The summed E-state index contributed by atoms with van der Waals surface area (Å²) in [6.07, 6.45) is 6.84. The van der Waals surface area contributed by atoms with Crippen molar-refractivity contribution in [3.63, 3.8) is 0 Å². The lowest BCUT2D eigenvalue weighted by molar-refractivity contribution is -0.119. The SMILES string of the molecule is Cc1ccc2c(c1)NC(=O)C(C)CCCC(n1cnc(-c3cc(Cl)ccc3-n3cc(Cl)nn3)cc1=O)c1cc-2ccn1. The van der Waals surface area contributed by atoms with Gasteiger partial charge in [-0.3, -0.25) is 19.1 Å². The third kappa shape index (κ3) is 5.57. The number of carbonyl (C=O) groups is 1. The number of anilines is 1. The highest BCUT2D eigenvalue weighted by Crippen LogP contribution is 2.34. The average Bonchev–Trinajstić information content (AvgIpc) is 3.41. The van der Waals surface area contributed by atoms with Crippen LogP contribution in [0.25, 0.3) is 28.1 Å². The smallest absolute Gasteiger partial charge is 0.254 e. The molecule has 0 spiro atoms. The van der Waals surface area contributed by atoms with E-state index in [1.807, 2.05) is 44.2 Å². The Bertz CT molecular complexity index is 1870. The van der Waals surface area contributed by atoms with Crippen molar-refractivity contribution in [3.05, 3.63) is 105 Å². The Morgan fingerprint density at radius 2 is 1.81 bits per heavy atom. The zero-order valence-electron chi connectivity index (χ0n) is 23.0. The van der Waals surface area contributed by atoms with Gasteiger partial charge in [-0.25, -0.2) is 9.67 Å². The standard InChI is InChI=1S/C31H27Cl2N7O2/c1-18-6-8-22-20-10-11-34-26(13-20)28(5-3-4-19(2)31(42)36-25(22)12-18)39-17-35-24(15-30(39)41)23-14-21(32)7-9-27(23)40-16-29(33)37-38-40/h6-17,19,28H,3-5H2,1-2H3,(H,36,42). The van der Waals surface area contributed by atoms with Gasteiger partial charge in [0.15, 0.2) is 5.15 Å². The van der Waals surface area contributed by atoms with Crippen molar-refractivity contribution in [1.29, 1.82) is 0 Å². The van der Waals surface area contributed by atoms with E-state index < -0.39 is 0 Å². The number of rotatable bonds is 3. The second-order valence-corrected chi connectivity index (χ2v) is 11.3. The number of hydrogen-bond acceptors (Lipinski definition) is 6. The van der Waals surface area contributed by atoms with Crippen LogP contribution < -0.4 is 10.9 Å². The van der Waals surface area contributed by atoms with E-state index in [9.17, 15) is 9.59 Å². The van der Waals surface area contributed by atoms with Crippen molar-refractivity contribution in [1.82, 2.24) is 29.5 Å². The predicted octanol–water partition coefficient (Wildman–Crippen LogP) is 6.52. The minimum Gasteiger partial charge on any atom is -0.325 e. The van der Waals surface area contributed by atoms with Gasteiger partial charge < -0.3 is 5.32 Å². The van der Waals surface area contributed by atoms with Crippen molar-refractivity contribution in [2.75, 3.05) is 5.32 Å². The van der Waals surface area contributed by atoms with E-state index in [2.05, 4.69) is 25.6 Å². The lowest BCUT2D eigenvalue weighted by atomic mass is 9.95. The van der Waals surface area contributed by atoms with Crippen LogP contribution in [0.2, 0.25) is 10.2 Å². The molecule has 0 aliphatic carbocycles. The number of carbonyl (C=O) groups excluding carboxylic acids is 1. The summed E-state index contributed by atoms with van der Waals surface area (Å²) in [6, 6.07) is 16.2. The maximum Gasteiger partial charge on any atom is 0.254 e. The minimum atomic E-state index is -0.379. The lowest BCUT2D eigenvalue weighted by Crippen LogP contribution is -2.27. The van der Waals surface area contributed by atoms with E-state index in [-0.39, 0.29) is 28.6 Å². The van der Waals surface area contributed by atoms with Crippen LogP contribution in [-0.2, 0) is 4.79 Å². The van der Waals surface area contributed by atoms with E-state index in [4.69, 9.17) is 23.2 Å². The van der Waals surface area contributed by atoms with Gasteiger partial charge in [0.2, 0.25) is 5.91 Å². The Labute approximate surface area is 252 Å². The van der Waals surface area contributed by atoms with E-state index >= 15 is 0 Å². The van der Waals surface area contributed by atoms with Crippen LogP contribution >= 0.6 is 23.2 Å². The van der Waals surface area contributed by atoms with Gasteiger partial charge in [-0.2, -0.15) is 0 Å². The molecule has 0 fully saturated rings. The molecule has 9 nitrogen and oxygen atoms in total. The summed E-state index contributed by atoms with van der Waals surface area (Å²) in [5.74, 6) is -0.226. The topological polar surface area (TPSA) is 108 Å². The summed E-state index contributed by atoms with van der Waals surface area (Å²) in [6.45, 7) is 3.92. The highest BCUT2D eigenvalue weighted by atomic mass is 35.5. The highest BCUT2D eigenvalue weighted by Gasteiger charge is 2.23. The molecule has 6 rings (SSSR count). The summed E-state index contributed by atoms with van der Waals surface area (Å²) >= 11 is 12.3. The maximum absolute atomic E-state index is 13.7. The molecular weight excluding hydrogens is 573 g/mol. The normalized spacial score (nSPS) is 17.1. The van der Waals surface area contributed by atoms with Crippen molar-refractivity contribution >= 4 is 34.8 Å². The monoisotopic (exact) mass is 599 g/mol. The number of benzene rings is 2. The number of pyridine rings is 1. The predicted molar refractivity (Wildman–Crippen MR) is 163 cm³/mol. The van der Waals surface area contributed by atoms with Crippen LogP contribution in [-0.4, -0.2) is 35.4 Å². The molecule has 0 radical (unpaired) electrons. The van der Waals surface area contributed by atoms with Crippen molar-refractivity contribution in [2.24, 2.45) is 5.92 Å². The number of aromatic nitrogens is 6. The summed E-state index contributed by atoms with van der Waals surface area (Å²) in [5.41, 5.74) is 5.79. The largest absolute Gasteiger partial charge is 0.325 e. The number of nitrogens with zero attached hydrogens (tertiary/aromatic N) is 6. The summed E-state index contributed by atoms with van der Waals surface area (Å²) < 4.78 is 3.12. The molecule has 5 aromatic rings. The zero-order chi connectivity index (χ0) is 29.4. The first-order valence-corrected chi connectivity index (χ1v) is 14.4. The van der Waals surface area contributed by atoms with E-state index in [0.717, 1.165) is 28.1 Å². The second kappa shape index (κ2) is 11.5. The Balaban J connectivity index is 1.44. The molecule has 0 saturated carbocycles. The molecule has 4 heterocycles. The average molecular weight is 601 g/mol. The van der Waals surface area contributed by atoms with Gasteiger partial charge in [0.1, 0.15) is 0 Å². The molecule has 2 atom stereocenters. The lowest BCUT2D eigenvalue weighted by Gasteiger charge is -2.23. The molecule has 212 valence electrons. The van der Waals surface area contributed by atoms with Gasteiger partial charge in [0, 0.05) is 40.0 Å². The summed E-state index contributed by atoms with van der Waals surface area (Å²) in [4.78, 5) is 36.1. The minimum absolute atomic E-state index is 0.0255. The molecule has 1 aliphatic heterocycles. The third-order valence-corrected chi connectivity index (χ3v) is 7.96. The van der Waals surface area contributed by atoms with Crippen molar-refractivity contribution in [2.45, 2.75) is 39.2 Å². The number of amides is 1. The summed E-state index contributed by atoms with van der Waals surface area (Å²) in [7, 11) is 0. The van der Waals surface area contributed by atoms with E-state index in [1.165, 1.54) is 10.7 Å². The molecule has 2 unspecified atom stereocenters. The van der Waals surface area contributed by atoms with Gasteiger partial charge in [-0.15, -0.1) is 5.10 Å². The van der Waals surface area contributed by atoms with Crippen LogP contribution in [0.3, 0.4) is 0 Å². The molecule has 2 bridgehead atoms. The van der Waals surface area contributed by atoms with Crippen molar-refractivity contribution < 1.29 is 4.79 Å². The first kappa shape index (κ1) is 27.8. The fourth-order valence-corrected chi connectivity index (χ4v) is 5.61. The highest BCUT2D eigenvalue weighted by molar-refractivity contribution is 6.31. The van der Waals surface area contributed by atoms with Crippen LogP contribution in [0.5, 0.6) is 0 Å². The summed E-state index contributed by atoms with van der Waals surface area (Å²) in [5, 5.41) is 11.8. The van der Waals surface area contributed by atoms with Gasteiger partial charge in [-0.1, -0.05) is 53.9 Å². The third-order valence-electron chi connectivity index (χ3n) is 7.55. The van der Waals surface area contributed by atoms with Gasteiger partial charge in [0.25, 0.3) is 5.56 Å². The molecule has 11 heteroatoms. The Hall–Kier alpha value is -4.34. The molecule has 42 heavy (non-hydrogen) atoms. The Morgan fingerprint density at radius 1 is 0.952 bits per heavy atom. The van der Waals surface area contributed by atoms with Crippen LogP contribution in [0, 0.1) is 12.8 Å². The molecule has 1 aliphatic rings. The fraction of sp³-hybridized carbons (Fsp3) is 0.226. The van der Waals surface area contributed by atoms with Gasteiger partial charge in [-0.05, 0) is 67.3 Å². The van der Waals surface area contributed by atoms with Crippen molar-refractivity contribution in [3.8, 4) is 28.1 Å². The van der Waals surface area contributed by atoms with E-state index in [0.29, 0.717) is 41.2 Å². The molecular formula is C31H27Cl2N7O2. The number of hydrogen-bond donors (Lipinski definition) is 1. The first-order chi connectivity index (χ1) is 20.3. The number of aryl methyl sites for hydroxylation is 1. The molecule has 1 N–H and O–H groups in total. The molecule has 1 amide bonds. The fourth-order valence-electron chi connectivity index (χ4n) is 5.31. The van der Waals surface area contributed by atoms with Crippen LogP contribution in [0.4, 0.5) is 5.69 Å². The first-order valence-electron chi connectivity index (χ1n) is 13.6. The van der Waals surface area contributed by atoms with Crippen LogP contribution in [0.15, 0.2) is 78.1 Å². The number of halogens is 2. The van der Waals surface area contributed by atoms with Gasteiger partial charge >= 0.3 is 0 Å². The molecule has 0 saturated heterocycles. The number of nitrogens with one attached hydrogen (secondary N) is 1. The Morgan fingerprint density at radius 3 is 2.60 bits per heavy atom. The second-order valence-electron chi connectivity index (χ2n) is 10.5.